The lowest BCUT2D eigenvalue weighted by Gasteiger charge is -2.39. The molecule has 0 aliphatic carbocycles. The number of rotatable bonds is 4. The summed E-state index contributed by atoms with van der Waals surface area (Å²) in [6.45, 7) is 5.79. The average Bonchev–Trinajstić information content (AvgIpc) is 2.04. The van der Waals surface area contributed by atoms with E-state index in [-0.39, 0.29) is 11.4 Å². The first-order valence-corrected chi connectivity index (χ1v) is 4.59. The molecule has 0 aromatic rings. The normalized spacial score (nSPS) is 19.8. The van der Waals surface area contributed by atoms with Crippen molar-refractivity contribution < 1.29 is 14.3 Å². The van der Waals surface area contributed by atoms with Gasteiger partial charge in [0, 0.05) is 6.08 Å². The number of allylic oxidation sites excluding steroid dienone is 1. The molecule has 3 nitrogen and oxygen atoms in total. The van der Waals surface area contributed by atoms with Gasteiger partial charge < -0.3 is 9.47 Å². The lowest BCUT2D eigenvalue weighted by Crippen LogP contribution is -2.46. The summed E-state index contributed by atoms with van der Waals surface area (Å²) in [7, 11) is 0. The van der Waals surface area contributed by atoms with Gasteiger partial charge in [0.1, 0.15) is 6.61 Å². The Morgan fingerprint density at radius 1 is 1.62 bits per heavy atom. The lowest BCUT2D eigenvalue weighted by atomic mass is 9.84. The summed E-state index contributed by atoms with van der Waals surface area (Å²) >= 11 is 0. The first kappa shape index (κ1) is 10.3. The molecule has 0 aromatic carbocycles. The number of hydrogen-bond acceptors (Lipinski definition) is 3. The van der Waals surface area contributed by atoms with E-state index in [1.54, 1.807) is 13.0 Å². The summed E-state index contributed by atoms with van der Waals surface area (Å²) < 4.78 is 10.2. The van der Waals surface area contributed by atoms with E-state index in [0.717, 1.165) is 6.42 Å². The Balaban J connectivity index is 2.28. The fourth-order valence-electron chi connectivity index (χ4n) is 1.19. The molecule has 0 saturated carbocycles. The molecule has 1 aliphatic rings. The van der Waals surface area contributed by atoms with E-state index in [9.17, 15) is 4.79 Å². The van der Waals surface area contributed by atoms with Crippen molar-refractivity contribution in [1.82, 2.24) is 0 Å². The lowest BCUT2D eigenvalue weighted by molar-refractivity contribution is -0.166. The summed E-state index contributed by atoms with van der Waals surface area (Å²) in [5.41, 5.74) is 0.0945. The minimum Gasteiger partial charge on any atom is -0.462 e. The minimum atomic E-state index is -0.262. The summed E-state index contributed by atoms with van der Waals surface area (Å²) in [4.78, 5) is 11.0. The van der Waals surface area contributed by atoms with Gasteiger partial charge >= 0.3 is 5.97 Å². The van der Waals surface area contributed by atoms with Crippen LogP contribution in [0.2, 0.25) is 0 Å². The van der Waals surface area contributed by atoms with Crippen LogP contribution in [-0.2, 0) is 14.3 Å². The number of carbonyl (C=O) groups is 1. The van der Waals surface area contributed by atoms with Crippen LogP contribution in [0.15, 0.2) is 12.2 Å². The molecular weight excluding hydrogens is 168 g/mol. The number of esters is 1. The van der Waals surface area contributed by atoms with E-state index in [2.05, 4.69) is 6.92 Å². The van der Waals surface area contributed by atoms with Crippen molar-refractivity contribution in [2.45, 2.75) is 20.3 Å². The number of hydrogen-bond donors (Lipinski definition) is 0. The van der Waals surface area contributed by atoms with Crippen LogP contribution in [-0.4, -0.2) is 25.8 Å². The van der Waals surface area contributed by atoms with Crippen LogP contribution >= 0.6 is 0 Å². The van der Waals surface area contributed by atoms with Gasteiger partial charge in [-0.3, -0.25) is 0 Å². The molecule has 0 atom stereocenters. The van der Waals surface area contributed by atoms with E-state index >= 15 is 0 Å². The van der Waals surface area contributed by atoms with Crippen molar-refractivity contribution in [2.75, 3.05) is 19.8 Å². The van der Waals surface area contributed by atoms with Gasteiger partial charge in [-0.05, 0) is 13.3 Å². The zero-order valence-corrected chi connectivity index (χ0v) is 8.21. The monoisotopic (exact) mass is 184 g/mol. The fourth-order valence-corrected chi connectivity index (χ4v) is 1.19. The molecule has 1 fully saturated rings. The molecule has 74 valence electrons. The van der Waals surface area contributed by atoms with E-state index in [1.807, 2.05) is 0 Å². The summed E-state index contributed by atoms with van der Waals surface area (Å²) in [5, 5.41) is 0. The highest BCUT2D eigenvalue weighted by Crippen LogP contribution is 2.31. The second-order valence-electron chi connectivity index (χ2n) is 3.45. The van der Waals surface area contributed by atoms with Crippen LogP contribution in [0.4, 0.5) is 0 Å². The number of carbonyl (C=O) groups excluding carboxylic acids is 1. The van der Waals surface area contributed by atoms with Crippen molar-refractivity contribution in [3.63, 3.8) is 0 Å². The molecule has 1 rings (SSSR count). The Bertz CT molecular complexity index is 199. The molecule has 0 unspecified atom stereocenters. The molecule has 1 aliphatic heterocycles. The Kier molecular flexibility index (Phi) is 3.48. The predicted octanol–water partition coefficient (Wildman–Crippen LogP) is 1.53. The first-order chi connectivity index (χ1) is 6.22. The highest BCUT2D eigenvalue weighted by atomic mass is 16.5. The summed E-state index contributed by atoms with van der Waals surface area (Å²) in [5.74, 6) is -0.262. The van der Waals surface area contributed by atoms with Crippen LogP contribution in [0.5, 0.6) is 0 Å². The molecule has 0 spiro atoms. The van der Waals surface area contributed by atoms with Crippen molar-refractivity contribution in [3.05, 3.63) is 12.2 Å². The topological polar surface area (TPSA) is 35.5 Å². The quantitative estimate of drug-likeness (QED) is 0.491. The van der Waals surface area contributed by atoms with Gasteiger partial charge in [0.05, 0.1) is 18.6 Å². The zero-order valence-electron chi connectivity index (χ0n) is 8.21. The fraction of sp³-hybridized carbons (Fsp3) is 0.700. The van der Waals surface area contributed by atoms with Crippen LogP contribution in [0.3, 0.4) is 0 Å². The van der Waals surface area contributed by atoms with Crippen molar-refractivity contribution in [2.24, 2.45) is 5.41 Å². The second kappa shape index (κ2) is 4.42. The van der Waals surface area contributed by atoms with Gasteiger partial charge in [-0.2, -0.15) is 0 Å². The Morgan fingerprint density at radius 2 is 2.31 bits per heavy atom. The Labute approximate surface area is 78.7 Å². The standard InChI is InChI=1S/C10H16O3/c1-3-5-9(11)13-8-10(4-2)6-12-7-10/h3,5H,4,6-8H2,1-2H3. The van der Waals surface area contributed by atoms with Crippen molar-refractivity contribution in [3.8, 4) is 0 Å². The molecule has 1 saturated heterocycles. The molecule has 0 N–H and O–H groups in total. The van der Waals surface area contributed by atoms with Gasteiger partial charge in [0.15, 0.2) is 0 Å². The van der Waals surface area contributed by atoms with E-state index in [0.29, 0.717) is 19.8 Å². The van der Waals surface area contributed by atoms with Crippen LogP contribution < -0.4 is 0 Å². The highest BCUT2D eigenvalue weighted by Gasteiger charge is 2.37. The van der Waals surface area contributed by atoms with Crippen LogP contribution in [0, 0.1) is 5.41 Å². The maximum Gasteiger partial charge on any atom is 0.330 e. The Hall–Kier alpha value is -0.830. The van der Waals surface area contributed by atoms with E-state index in [4.69, 9.17) is 9.47 Å². The number of ether oxygens (including phenoxy) is 2. The third-order valence-electron chi connectivity index (χ3n) is 2.39. The van der Waals surface area contributed by atoms with Crippen molar-refractivity contribution in [1.29, 1.82) is 0 Å². The van der Waals surface area contributed by atoms with Crippen molar-refractivity contribution >= 4 is 5.97 Å². The van der Waals surface area contributed by atoms with Gasteiger partial charge in [0.2, 0.25) is 0 Å². The molecular formula is C10H16O3. The molecule has 3 heteroatoms. The first-order valence-electron chi connectivity index (χ1n) is 4.59. The maximum absolute atomic E-state index is 11.0. The molecule has 0 radical (unpaired) electrons. The smallest absolute Gasteiger partial charge is 0.330 e. The molecule has 0 amide bonds. The third-order valence-corrected chi connectivity index (χ3v) is 2.39. The molecule has 1 heterocycles. The zero-order chi connectivity index (χ0) is 9.73. The van der Waals surface area contributed by atoms with Gasteiger partial charge in [0.25, 0.3) is 0 Å². The van der Waals surface area contributed by atoms with E-state index in [1.165, 1.54) is 6.08 Å². The van der Waals surface area contributed by atoms with Crippen LogP contribution in [0.25, 0.3) is 0 Å². The van der Waals surface area contributed by atoms with Crippen LogP contribution in [0.1, 0.15) is 20.3 Å². The molecule has 0 bridgehead atoms. The predicted molar refractivity (Wildman–Crippen MR) is 49.3 cm³/mol. The third kappa shape index (κ3) is 2.56. The van der Waals surface area contributed by atoms with Gasteiger partial charge in [-0.25, -0.2) is 4.79 Å². The Morgan fingerprint density at radius 3 is 2.69 bits per heavy atom. The second-order valence-corrected chi connectivity index (χ2v) is 3.45. The summed E-state index contributed by atoms with van der Waals surface area (Å²) in [6.07, 6.45) is 4.11. The maximum atomic E-state index is 11.0. The SMILES string of the molecule is CC=CC(=O)OCC1(CC)COC1. The molecule has 13 heavy (non-hydrogen) atoms. The average molecular weight is 184 g/mol. The molecule has 0 aromatic heterocycles. The minimum absolute atomic E-state index is 0.0945. The highest BCUT2D eigenvalue weighted by molar-refractivity contribution is 5.81. The van der Waals surface area contributed by atoms with Gasteiger partial charge in [-0.15, -0.1) is 0 Å². The largest absolute Gasteiger partial charge is 0.462 e. The van der Waals surface area contributed by atoms with Gasteiger partial charge in [-0.1, -0.05) is 13.0 Å². The summed E-state index contributed by atoms with van der Waals surface area (Å²) in [6, 6.07) is 0. The van der Waals surface area contributed by atoms with E-state index < -0.39 is 0 Å².